The van der Waals surface area contributed by atoms with Gasteiger partial charge in [-0.15, -0.1) is 0 Å². The second-order valence-electron chi connectivity index (χ2n) is 6.84. The Balaban J connectivity index is 1.83. The highest BCUT2D eigenvalue weighted by molar-refractivity contribution is 7.89. The number of morpholine rings is 1. The Morgan fingerprint density at radius 3 is 2.56 bits per heavy atom. The Kier molecular flexibility index (Phi) is 6.26. The van der Waals surface area contributed by atoms with E-state index >= 15 is 0 Å². The maximum atomic E-state index is 13.3. The predicted octanol–water partition coefficient (Wildman–Crippen LogP) is 2.79. The smallest absolute Gasteiger partial charge is 0.240 e. The first-order valence-electron chi connectivity index (χ1n) is 9.01. The van der Waals surface area contributed by atoms with Gasteiger partial charge in [0.15, 0.2) is 0 Å². The van der Waals surface area contributed by atoms with E-state index < -0.39 is 15.8 Å². The number of benzene rings is 2. The highest BCUT2D eigenvalue weighted by atomic mass is 32.2. The molecule has 1 unspecified atom stereocenters. The maximum absolute atomic E-state index is 13.3. The molecule has 0 bridgehead atoms. The second-order valence-corrected chi connectivity index (χ2v) is 8.58. The molecule has 1 atom stereocenters. The van der Waals surface area contributed by atoms with Crippen molar-refractivity contribution in [1.29, 1.82) is 0 Å². The number of hydrogen-bond acceptors (Lipinski definition) is 4. The van der Waals surface area contributed by atoms with E-state index in [0.717, 1.165) is 24.2 Å². The molecule has 0 saturated carbocycles. The number of sulfonamides is 1. The molecule has 0 amide bonds. The van der Waals surface area contributed by atoms with E-state index in [4.69, 9.17) is 4.74 Å². The zero-order chi connectivity index (χ0) is 19.4. The average Bonchev–Trinajstić information content (AvgIpc) is 2.62. The molecule has 1 heterocycles. The third kappa shape index (κ3) is 4.93. The van der Waals surface area contributed by atoms with Gasteiger partial charge in [0.05, 0.1) is 18.1 Å². The Morgan fingerprint density at radius 2 is 1.89 bits per heavy atom. The van der Waals surface area contributed by atoms with Gasteiger partial charge in [0.1, 0.15) is 5.82 Å². The standard InChI is InChI=1S/C20H25FN2O3S/c1-15-4-3-5-17(12-15)19(23-8-10-26-11-9-23)14-22-27(24,25)20-7-6-18(21)13-16(20)2/h3-7,12-13,19,22H,8-11,14H2,1-2H3. The summed E-state index contributed by atoms with van der Waals surface area (Å²) >= 11 is 0. The first-order chi connectivity index (χ1) is 12.9. The van der Waals surface area contributed by atoms with Crippen molar-refractivity contribution >= 4 is 10.0 Å². The molecule has 146 valence electrons. The van der Waals surface area contributed by atoms with Gasteiger partial charge in [0.2, 0.25) is 10.0 Å². The Morgan fingerprint density at radius 1 is 1.15 bits per heavy atom. The molecule has 2 aromatic carbocycles. The normalized spacial score (nSPS) is 17.0. The SMILES string of the molecule is Cc1cccc(C(CNS(=O)(=O)c2ccc(F)cc2C)N2CCOCC2)c1. The molecule has 27 heavy (non-hydrogen) atoms. The fraction of sp³-hybridized carbons (Fsp3) is 0.400. The van der Waals surface area contributed by atoms with Gasteiger partial charge in [-0.05, 0) is 43.2 Å². The van der Waals surface area contributed by atoms with Gasteiger partial charge >= 0.3 is 0 Å². The molecule has 1 N–H and O–H groups in total. The molecule has 5 nitrogen and oxygen atoms in total. The lowest BCUT2D eigenvalue weighted by Gasteiger charge is -2.35. The van der Waals surface area contributed by atoms with Crippen molar-refractivity contribution in [2.75, 3.05) is 32.8 Å². The van der Waals surface area contributed by atoms with Crippen molar-refractivity contribution in [2.24, 2.45) is 0 Å². The summed E-state index contributed by atoms with van der Waals surface area (Å²) in [5.41, 5.74) is 2.58. The Hall–Kier alpha value is -1.80. The molecule has 1 fully saturated rings. The lowest BCUT2D eigenvalue weighted by atomic mass is 10.0. The van der Waals surface area contributed by atoms with Crippen LogP contribution in [0.1, 0.15) is 22.7 Å². The van der Waals surface area contributed by atoms with Gasteiger partial charge in [-0.3, -0.25) is 4.90 Å². The third-order valence-corrected chi connectivity index (χ3v) is 6.39. The largest absolute Gasteiger partial charge is 0.379 e. The van der Waals surface area contributed by atoms with Crippen molar-refractivity contribution < 1.29 is 17.5 Å². The quantitative estimate of drug-likeness (QED) is 0.821. The summed E-state index contributed by atoms with van der Waals surface area (Å²) in [4.78, 5) is 2.34. The molecule has 1 saturated heterocycles. The van der Waals surface area contributed by atoms with E-state index in [2.05, 4.69) is 15.7 Å². The average molecular weight is 392 g/mol. The summed E-state index contributed by atoms with van der Waals surface area (Å²) in [7, 11) is -3.73. The molecule has 0 spiro atoms. The molecule has 0 aliphatic carbocycles. The minimum Gasteiger partial charge on any atom is -0.379 e. The summed E-state index contributed by atoms with van der Waals surface area (Å²) in [5.74, 6) is -0.447. The number of halogens is 1. The monoisotopic (exact) mass is 392 g/mol. The fourth-order valence-corrected chi connectivity index (χ4v) is 4.67. The van der Waals surface area contributed by atoms with Gasteiger partial charge < -0.3 is 4.74 Å². The summed E-state index contributed by atoms with van der Waals surface area (Å²) in [6.45, 7) is 6.61. The van der Waals surface area contributed by atoms with Gasteiger partial charge in [0.25, 0.3) is 0 Å². The van der Waals surface area contributed by atoms with E-state index in [1.807, 2.05) is 25.1 Å². The van der Waals surface area contributed by atoms with Crippen LogP contribution in [0.4, 0.5) is 4.39 Å². The van der Waals surface area contributed by atoms with Crippen molar-refractivity contribution in [3.8, 4) is 0 Å². The Bertz CT molecular complexity index is 896. The van der Waals surface area contributed by atoms with Gasteiger partial charge in [-0.25, -0.2) is 17.5 Å². The lowest BCUT2D eigenvalue weighted by Crippen LogP contribution is -2.43. The number of rotatable bonds is 6. The minimum atomic E-state index is -3.73. The van der Waals surface area contributed by atoms with Crippen LogP contribution in [-0.2, 0) is 14.8 Å². The summed E-state index contributed by atoms with van der Waals surface area (Å²) in [6.07, 6.45) is 0. The summed E-state index contributed by atoms with van der Waals surface area (Å²) in [6, 6.07) is 11.7. The first kappa shape index (κ1) is 19.9. The second kappa shape index (κ2) is 8.48. The van der Waals surface area contributed by atoms with Crippen LogP contribution in [0.2, 0.25) is 0 Å². The molecule has 2 aromatic rings. The molecular formula is C20H25FN2O3S. The molecule has 0 radical (unpaired) electrons. The van der Waals surface area contributed by atoms with E-state index in [1.54, 1.807) is 6.92 Å². The fourth-order valence-electron chi connectivity index (χ4n) is 3.41. The molecular weight excluding hydrogens is 367 g/mol. The molecule has 3 rings (SSSR count). The first-order valence-corrected chi connectivity index (χ1v) is 10.5. The number of aryl methyl sites for hydroxylation is 2. The van der Waals surface area contributed by atoms with Crippen LogP contribution in [0, 0.1) is 19.7 Å². The highest BCUT2D eigenvalue weighted by Crippen LogP contribution is 2.23. The molecule has 0 aromatic heterocycles. The van der Waals surface area contributed by atoms with E-state index in [0.29, 0.717) is 18.8 Å². The van der Waals surface area contributed by atoms with E-state index in [9.17, 15) is 12.8 Å². The molecule has 1 aliphatic heterocycles. The van der Waals surface area contributed by atoms with Crippen LogP contribution >= 0.6 is 0 Å². The number of hydrogen-bond donors (Lipinski definition) is 1. The van der Waals surface area contributed by atoms with E-state index in [-0.39, 0.29) is 17.5 Å². The molecule has 1 aliphatic rings. The third-order valence-electron chi connectivity index (χ3n) is 4.81. The number of nitrogens with one attached hydrogen (secondary N) is 1. The lowest BCUT2D eigenvalue weighted by molar-refractivity contribution is 0.0172. The topological polar surface area (TPSA) is 58.6 Å². The minimum absolute atomic E-state index is 0.0932. The Labute approximate surface area is 160 Å². The molecule has 7 heteroatoms. The number of ether oxygens (including phenoxy) is 1. The van der Waals surface area contributed by atoms with Crippen molar-refractivity contribution in [3.63, 3.8) is 0 Å². The maximum Gasteiger partial charge on any atom is 0.240 e. The van der Waals surface area contributed by atoms with Crippen molar-refractivity contribution in [3.05, 3.63) is 65.0 Å². The summed E-state index contributed by atoms with van der Waals surface area (Å²) in [5, 5.41) is 0. The van der Waals surface area contributed by atoms with Crippen LogP contribution < -0.4 is 4.72 Å². The van der Waals surface area contributed by atoms with Crippen molar-refractivity contribution in [2.45, 2.75) is 24.8 Å². The predicted molar refractivity (Wildman–Crippen MR) is 103 cm³/mol. The summed E-state index contributed by atoms with van der Waals surface area (Å²) < 4.78 is 47.0. The van der Waals surface area contributed by atoms with Crippen molar-refractivity contribution in [1.82, 2.24) is 9.62 Å². The van der Waals surface area contributed by atoms with Crippen LogP contribution in [0.3, 0.4) is 0 Å². The van der Waals surface area contributed by atoms with Crippen LogP contribution in [0.15, 0.2) is 47.4 Å². The zero-order valence-electron chi connectivity index (χ0n) is 15.6. The number of nitrogens with zero attached hydrogens (tertiary/aromatic N) is 1. The van der Waals surface area contributed by atoms with Crippen LogP contribution in [0.25, 0.3) is 0 Å². The highest BCUT2D eigenvalue weighted by Gasteiger charge is 2.25. The van der Waals surface area contributed by atoms with Gasteiger partial charge in [0, 0.05) is 25.7 Å². The van der Waals surface area contributed by atoms with E-state index in [1.165, 1.54) is 18.2 Å². The van der Waals surface area contributed by atoms with Crippen LogP contribution in [0.5, 0.6) is 0 Å². The van der Waals surface area contributed by atoms with Gasteiger partial charge in [-0.2, -0.15) is 0 Å². The van der Waals surface area contributed by atoms with Gasteiger partial charge in [-0.1, -0.05) is 29.8 Å². The van der Waals surface area contributed by atoms with Crippen LogP contribution in [-0.4, -0.2) is 46.2 Å². The zero-order valence-corrected chi connectivity index (χ0v) is 16.4.